The van der Waals surface area contributed by atoms with Crippen LogP contribution in [-0.4, -0.2) is 60.5 Å². The maximum Gasteiger partial charge on any atom is 0.255 e. The van der Waals surface area contributed by atoms with Gasteiger partial charge in [-0.2, -0.15) is 0 Å². The van der Waals surface area contributed by atoms with Gasteiger partial charge in [0.1, 0.15) is 6.10 Å². The van der Waals surface area contributed by atoms with Crippen LogP contribution in [0, 0.1) is 5.92 Å². The lowest BCUT2D eigenvalue weighted by atomic mass is 9.88. The van der Waals surface area contributed by atoms with Gasteiger partial charge in [-0.05, 0) is 43.6 Å². The number of fused-ring (bicyclic) bond motifs is 1. The van der Waals surface area contributed by atoms with E-state index in [4.69, 9.17) is 4.74 Å². The highest BCUT2D eigenvalue weighted by Gasteiger charge is 2.32. The second-order valence-corrected chi connectivity index (χ2v) is 8.48. The van der Waals surface area contributed by atoms with Gasteiger partial charge in [0.25, 0.3) is 11.8 Å². The van der Waals surface area contributed by atoms with Crippen LogP contribution >= 0.6 is 11.3 Å². The van der Waals surface area contributed by atoms with Crippen molar-refractivity contribution >= 4 is 23.2 Å². The van der Waals surface area contributed by atoms with Gasteiger partial charge in [-0.25, -0.2) is 0 Å². The van der Waals surface area contributed by atoms with Crippen LogP contribution < -0.4 is 0 Å². The molecule has 2 saturated heterocycles. The smallest absolute Gasteiger partial charge is 0.255 e. The summed E-state index contributed by atoms with van der Waals surface area (Å²) in [5, 5.41) is 2.05. The Morgan fingerprint density at radius 2 is 1.92 bits per heavy atom. The van der Waals surface area contributed by atoms with Gasteiger partial charge in [-0.3, -0.25) is 9.59 Å². The fourth-order valence-electron chi connectivity index (χ4n) is 4.13. The summed E-state index contributed by atoms with van der Waals surface area (Å²) in [5.41, 5.74) is 2.19. The zero-order chi connectivity index (χ0) is 17.4. The van der Waals surface area contributed by atoms with Crippen molar-refractivity contribution in [2.45, 2.75) is 45.1 Å². The Balaban J connectivity index is 1.38. The quantitative estimate of drug-likeness (QED) is 0.811. The van der Waals surface area contributed by atoms with E-state index >= 15 is 0 Å². The average molecular weight is 362 g/mol. The van der Waals surface area contributed by atoms with Crippen LogP contribution in [-0.2, 0) is 22.4 Å². The molecule has 2 fully saturated rings. The molecule has 0 radical (unpaired) electrons. The van der Waals surface area contributed by atoms with Gasteiger partial charge in [0.15, 0.2) is 0 Å². The van der Waals surface area contributed by atoms with E-state index in [1.807, 2.05) is 9.80 Å². The standard InChI is InChI=1S/C19H26N2O3S/c1-13-4-5-14-15(12-25-17(14)11-13)18(22)20-6-8-21(9-7-20)19(23)16-3-2-10-24-16/h12-13,16H,2-11H2,1H3. The summed E-state index contributed by atoms with van der Waals surface area (Å²) in [5.74, 6) is 0.976. The number of hydrogen-bond acceptors (Lipinski definition) is 4. The molecule has 2 aliphatic heterocycles. The highest BCUT2D eigenvalue weighted by Crippen LogP contribution is 2.33. The molecule has 2 amide bonds. The van der Waals surface area contributed by atoms with Gasteiger partial charge in [-0.1, -0.05) is 6.92 Å². The molecular weight excluding hydrogens is 336 g/mol. The number of ether oxygens (including phenoxy) is 1. The van der Waals surface area contributed by atoms with Gasteiger partial charge in [0, 0.05) is 43.0 Å². The van der Waals surface area contributed by atoms with Crippen LogP contribution in [0.15, 0.2) is 5.38 Å². The molecule has 1 aromatic heterocycles. The van der Waals surface area contributed by atoms with Crippen molar-refractivity contribution in [3.63, 3.8) is 0 Å². The third-order valence-corrected chi connectivity index (χ3v) is 6.77. The molecule has 3 aliphatic rings. The molecule has 5 nitrogen and oxygen atoms in total. The summed E-state index contributed by atoms with van der Waals surface area (Å²) in [6, 6.07) is 0. The van der Waals surface area contributed by atoms with Gasteiger partial charge >= 0.3 is 0 Å². The third-order valence-electron chi connectivity index (χ3n) is 5.72. The predicted octanol–water partition coefficient (Wildman–Crippen LogP) is 2.34. The van der Waals surface area contributed by atoms with E-state index in [0.717, 1.165) is 37.2 Å². The lowest BCUT2D eigenvalue weighted by Crippen LogP contribution is -2.52. The summed E-state index contributed by atoms with van der Waals surface area (Å²) in [7, 11) is 0. The number of thiophene rings is 1. The van der Waals surface area contributed by atoms with Crippen LogP contribution in [0.3, 0.4) is 0 Å². The van der Waals surface area contributed by atoms with Crippen molar-refractivity contribution in [2.75, 3.05) is 32.8 Å². The molecule has 0 saturated carbocycles. The molecule has 0 bridgehead atoms. The summed E-state index contributed by atoms with van der Waals surface area (Å²) in [6.45, 7) is 5.46. The fraction of sp³-hybridized carbons (Fsp3) is 0.684. The Labute approximate surface area is 152 Å². The normalized spacial score (nSPS) is 26.6. The minimum absolute atomic E-state index is 0.103. The van der Waals surface area contributed by atoms with Crippen LogP contribution in [0.4, 0.5) is 0 Å². The Hall–Kier alpha value is -1.40. The van der Waals surface area contributed by atoms with Crippen LogP contribution in [0.5, 0.6) is 0 Å². The molecule has 0 aromatic carbocycles. The van der Waals surface area contributed by atoms with Crippen molar-refractivity contribution in [2.24, 2.45) is 5.92 Å². The summed E-state index contributed by atoms with van der Waals surface area (Å²) in [4.78, 5) is 30.6. The molecule has 136 valence electrons. The maximum absolute atomic E-state index is 13.0. The maximum atomic E-state index is 13.0. The van der Waals surface area contributed by atoms with E-state index in [-0.39, 0.29) is 17.9 Å². The third kappa shape index (κ3) is 3.34. The van der Waals surface area contributed by atoms with Gasteiger partial charge in [0.2, 0.25) is 0 Å². The summed E-state index contributed by atoms with van der Waals surface area (Å²) >= 11 is 1.74. The second-order valence-electron chi connectivity index (χ2n) is 7.52. The molecule has 6 heteroatoms. The number of hydrogen-bond donors (Lipinski definition) is 0. The number of nitrogens with zero attached hydrogens (tertiary/aromatic N) is 2. The van der Waals surface area contributed by atoms with Gasteiger partial charge < -0.3 is 14.5 Å². The van der Waals surface area contributed by atoms with Crippen LogP contribution in [0.25, 0.3) is 0 Å². The Morgan fingerprint density at radius 3 is 2.64 bits per heavy atom. The van der Waals surface area contributed by atoms with Gasteiger partial charge in [-0.15, -0.1) is 11.3 Å². The van der Waals surface area contributed by atoms with Gasteiger partial charge in [0.05, 0.1) is 5.56 Å². The SMILES string of the molecule is CC1CCc2c(C(=O)N3CCN(C(=O)C4CCCO4)CC3)csc2C1. The zero-order valence-corrected chi connectivity index (χ0v) is 15.6. The van der Waals surface area contributed by atoms with Crippen molar-refractivity contribution < 1.29 is 14.3 Å². The van der Waals surface area contributed by atoms with E-state index < -0.39 is 0 Å². The largest absolute Gasteiger partial charge is 0.368 e. The Bertz CT molecular complexity index is 658. The van der Waals surface area contributed by atoms with Crippen LogP contribution in [0.1, 0.15) is 47.0 Å². The number of amides is 2. The molecule has 25 heavy (non-hydrogen) atoms. The Kier molecular flexibility index (Phi) is 4.82. The number of carbonyl (C=O) groups is 2. The van der Waals surface area contributed by atoms with E-state index in [0.29, 0.717) is 32.8 Å². The first kappa shape index (κ1) is 17.0. The van der Waals surface area contributed by atoms with Crippen molar-refractivity contribution in [1.29, 1.82) is 0 Å². The predicted molar refractivity (Wildman–Crippen MR) is 97.0 cm³/mol. The Morgan fingerprint density at radius 1 is 1.16 bits per heavy atom. The summed E-state index contributed by atoms with van der Waals surface area (Å²) < 4.78 is 5.50. The first-order chi connectivity index (χ1) is 12.1. The second kappa shape index (κ2) is 7.08. The first-order valence-corrected chi connectivity index (χ1v) is 10.3. The lowest BCUT2D eigenvalue weighted by Gasteiger charge is -2.36. The van der Waals surface area contributed by atoms with Crippen molar-refractivity contribution in [3.8, 4) is 0 Å². The molecular formula is C19H26N2O3S. The first-order valence-electron chi connectivity index (χ1n) is 9.42. The van der Waals surface area contributed by atoms with E-state index in [2.05, 4.69) is 12.3 Å². The number of carbonyl (C=O) groups excluding carboxylic acids is 2. The molecule has 2 unspecified atom stereocenters. The molecule has 4 rings (SSSR count). The summed E-state index contributed by atoms with van der Waals surface area (Å²) in [6.07, 6.45) is 4.85. The molecule has 2 atom stereocenters. The fourth-order valence-corrected chi connectivity index (χ4v) is 5.37. The van der Waals surface area contributed by atoms with Crippen LogP contribution in [0.2, 0.25) is 0 Å². The highest BCUT2D eigenvalue weighted by atomic mass is 32.1. The molecule has 0 N–H and O–H groups in total. The molecule has 1 aliphatic carbocycles. The number of piperazine rings is 1. The topological polar surface area (TPSA) is 49.9 Å². The molecule has 1 aromatic rings. The lowest BCUT2D eigenvalue weighted by molar-refractivity contribution is -0.142. The molecule has 0 spiro atoms. The average Bonchev–Trinajstić information content (AvgIpc) is 3.30. The number of rotatable bonds is 2. The van der Waals surface area contributed by atoms with E-state index in [1.54, 1.807) is 11.3 Å². The van der Waals surface area contributed by atoms with Crippen molar-refractivity contribution in [3.05, 3.63) is 21.4 Å². The van der Waals surface area contributed by atoms with E-state index in [1.165, 1.54) is 16.9 Å². The van der Waals surface area contributed by atoms with E-state index in [9.17, 15) is 9.59 Å². The highest BCUT2D eigenvalue weighted by molar-refractivity contribution is 7.10. The molecule has 3 heterocycles. The minimum atomic E-state index is -0.256. The van der Waals surface area contributed by atoms with Crippen molar-refractivity contribution in [1.82, 2.24) is 9.80 Å². The zero-order valence-electron chi connectivity index (χ0n) is 14.8. The monoisotopic (exact) mass is 362 g/mol. The minimum Gasteiger partial charge on any atom is -0.368 e.